The summed E-state index contributed by atoms with van der Waals surface area (Å²) in [6.07, 6.45) is 9.94. The van der Waals surface area contributed by atoms with Gasteiger partial charge in [0, 0.05) is 17.5 Å². The Bertz CT molecular complexity index is 953. The highest BCUT2D eigenvalue weighted by Gasteiger charge is 2.24. The standard InChI is InChI=1S/C22H25N3O/c1-26-19-13-18-22(20(25-24-18)15-7-3-2-4-8-15)23-21(19)17-12-6-10-14-9-5-11-16(14)17/h6,10,12-13,15H,2-5,7-9,11H2,1H3,(H,24,25). The summed E-state index contributed by atoms with van der Waals surface area (Å²) in [5.41, 5.74) is 8.27. The Hall–Kier alpha value is -2.36. The van der Waals surface area contributed by atoms with E-state index in [0.29, 0.717) is 5.92 Å². The van der Waals surface area contributed by atoms with Crippen LogP contribution in [0.4, 0.5) is 0 Å². The molecule has 0 amide bonds. The summed E-state index contributed by atoms with van der Waals surface area (Å²) in [6.45, 7) is 0. The Labute approximate surface area is 154 Å². The number of rotatable bonds is 3. The molecule has 1 saturated carbocycles. The molecule has 2 heterocycles. The summed E-state index contributed by atoms with van der Waals surface area (Å²) in [4.78, 5) is 5.11. The monoisotopic (exact) mass is 347 g/mol. The van der Waals surface area contributed by atoms with Crippen LogP contribution in [0.25, 0.3) is 22.3 Å². The van der Waals surface area contributed by atoms with Crippen molar-refractivity contribution in [2.45, 2.75) is 57.3 Å². The van der Waals surface area contributed by atoms with Gasteiger partial charge in [0.1, 0.15) is 17.0 Å². The van der Waals surface area contributed by atoms with Crippen LogP contribution < -0.4 is 4.74 Å². The number of pyridine rings is 1. The maximum absolute atomic E-state index is 5.71. The summed E-state index contributed by atoms with van der Waals surface area (Å²) >= 11 is 0. The van der Waals surface area contributed by atoms with Crippen molar-refractivity contribution in [3.63, 3.8) is 0 Å². The molecule has 0 bridgehead atoms. The third-order valence-corrected chi connectivity index (χ3v) is 6.14. The van der Waals surface area contributed by atoms with E-state index >= 15 is 0 Å². The number of H-pyrrole nitrogens is 1. The van der Waals surface area contributed by atoms with Crippen molar-refractivity contribution >= 4 is 11.0 Å². The van der Waals surface area contributed by atoms with Gasteiger partial charge in [0.15, 0.2) is 0 Å². The molecule has 3 aromatic rings. The summed E-state index contributed by atoms with van der Waals surface area (Å²) < 4.78 is 5.71. The summed E-state index contributed by atoms with van der Waals surface area (Å²) in [5, 5.41) is 7.86. The van der Waals surface area contributed by atoms with Crippen LogP contribution >= 0.6 is 0 Å². The number of hydrogen-bond donors (Lipinski definition) is 1. The zero-order valence-electron chi connectivity index (χ0n) is 15.3. The average Bonchev–Trinajstić information content (AvgIpc) is 3.34. The van der Waals surface area contributed by atoms with Crippen molar-refractivity contribution in [2.75, 3.05) is 7.11 Å². The van der Waals surface area contributed by atoms with Gasteiger partial charge in [-0.2, -0.15) is 5.10 Å². The molecule has 1 fully saturated rings. The highest BCUT2D eigenvalue weighted by molar-refractivity contribution is 5.85. The molecule has 0 unspecified atom stereocenters. The lowest BCUT2D eigenvalue weighted by atomic mass is 9.86. The Balaban J connectivity index is 1.68. The zero-order valence-corrected chi connectivity index (χ0v) is 15.3. The lowest BCUT2D eigenvalue weighted by Gasteiger charge is -2.20. The quantitative estimate of drug-likeness (QED) is 0.711. The van der Waals surface area contributed by atoms with Crippen LogP contribution in [0.2, 0.25) is 0 Å². The molecular formula is C22H25N3O. The summed E-state index contributed by atoms with van der Waals surface area (Å²) in [7, 11) is 1.73. The third-order valence-electron chi connectivity index (χ3n) is 6.14. The van der Waals surface area contributed by atoms with E-state index in [4.69, 9.17) is 9.72 Å². The number of aromatic amines is 1. The van der Waals surface area contributed by atoms with Gasteiger partial charge in [-0.3, -0.25) is 5.10 Å². The minimum Gasteiger partial charge on any atom is -0.494 e. The van der Waals surface area contributed by atoms with Gasteiger partial charge < -0.3 is 4.74 Å². The van der Waals surface area contributed by atoms with Crippen molar-refractivity contribution in [1.82, 2.24) is 15.2 Å². The molecule has 134 valence electrons. The smallest absolute Gasteiger partial charge is 0.147 e. The molecule has 1 aromatic carbocycles. The van der Waals surface area contributed by atoms with Crippen LogP contribution in [0.5, 0.6) is 5.75 Å². The van der Waals surface area contributed by atoms with E-state index in [-0.39, 0.29) is 0 Å². The Morgan fingerprint density at radius 2 is 1.96 bits per heavy atom. The zero-order chi connectivity index (χ0) is 17.5. The molecule has 0 radical (unpaired) electrons. The molecular weight excluding hydrogens is 322 g/mol. The second-order valence-corrected chi connectivity index (χ2v) is 7.68. The first-order valence-corrected chi connectivity index (χ1v) is 9.89. The number of benzene rings is 1. The maximum Gasteiger partial charge on any atom is 0.147 e. The second kappa shape index (κ2) is 6.42. The topological polar surface area (TPSA) is 50.8 Å². The van der Waals surface area contributed by atoms with Crippen LogP contribution in [-0.2, 0) is 12.8 Å². The molecule has 2 aliphatic carbocycles. The first-order chi connectivity index (χ1) is 12.8. The molecule has 0 spiro atoms. The number of hydrogen-bond acceptors (Lipinski definition) is 3. The number of fused-ring (bicyclic) bond motifs is 2. The van der Waals surface area contributed by atoms with Crippen LogP contribution in [0, 0.1) is 0 Å². The SMILES string of the molecule is COc1cc2[nH]nc(C3CCCCC3)c2nc1-c1cccc2c1CCC2. The highest BCUT2D eigenvalue weighted by Crippen LogP contribution is 2.40. The number of aryl methyl sites for hydroxylation is 1. The predicted molar refractivity (Wildman–Crippen MR) is 104 cm³/mol. The fraction of sp³-hybridized carbons (Fsp3) is 0.455. The minimum atomic E-state index is 0.535. The molecule has 1 N–H and O–H groups in total. The Morgan fingerprint density at radius 1 is 1.08 bits per heavy atom. The minimum absolute atomic E-state index is 0.535. The van der Waals surface area contributed by atoms with E-state index in [2.05, 4.69) is 34.5 Å². The van der Waals surface area contributed by atoms with E-state index in [1.807, 2.05) is 0 Å². The molecule has 0 atom stereocenters. The van der Waals surface area contributed by atoms with Gasteiger partial charge in [-0.1, -0.05) is 37.5 Å². The molecule has 5 rings (SSSR count). The Kier molecular flexibility index (Phi) is 3.92. The van der Waals surface area contributed by atoms with E-state index in [1.54, 1.807) is 7.11 Å². The molecule has 26 heavy (non-hydrogen) atoms. The van der Waals surface area contributed by atoms with Gasteiger partial charge in [-0.05, 0) is 43.2 Å². The average molecular weight is 347 g/mol. The lowest BCUT2D eigenvalue weighted by molar-refractivity contribution is 0.415. The van der Waals surface area contributed by atoms with Crippen molar-refractivity contribution in [3.8, 4) is 17.0 Å². The molecule has 4 heteroatoms. The Morgan fingerprint density at radius 3 is 2.81 bits per heavy atom. The van der Waals surface area contributed by atoms with Crippen LogP contribution in [-0.4, -0.2) is 22.3 Å². The first kappa shape index (κ1) is 15.9. The molecule has 4 nitrogen and oxygen atoms in total. The van der Waals surface area contributed by atoms with Gasteiger partial charge >= 0.3 is 0 Å². The fourth-order valence-electron chi connectivity index (χ4n) is 4.80. The maximum atomic E-state index is 5.71. The third kappa shape index (κ3) is 2.51. The van der Waals surface area contributed by atoms with Crippen LogP contribution in [0.3, 0.4) is 0 Å². The normalized spacial score (nSPS) is 17.6. The second-order valence-electron chi connectivity index (χ2n) is 7.68. The van der Waals surface area contributed by atoms with Crippen molar-refractivity contribution in [2.24, 2.45) is 0 Å². The van der Waals surface area contributed by atoms with Gasteiger partial charge in [0.2, 0.25) is 0 Å². The number of aromatic nitrogens is 3. The highest BCUT2D eigenvalue weighted by atomic mass is 16.5. The van der Waals surface area contributed by atoms with E-state index in [1.165, 1.54) is 61.6 Å². The van der Waals surface area contributed by atoms with Gasteiger partial charge in [-0.25, -0.2) is 4.98 Å². The summed E-state index contributed by atoms with van der Waals surface area (Å²) in [6, 6.07) is 8.68. The molecule has 0 saturated heterocycles. The number of nitrogens with one attached hydrogen (secondary N) is 1. The van der Waals surface area contributed by atoms with E-state index in [0.717, 1.165) is 34.6 Å². The van der Waals surface area contributed by atoms with E-state index < -0.39 is 0 Å². The molecule has 0 aliphatic heterocycles. The van der Waals surface area contributed by atoms with Gasteiger partial charge in [-0.15, -0.1) is 0 Å². The predicted octanol–water partition coefficient (Wildman–Crippen LogP) is 5.17. The molecule has 2 aromatic heterocycles. The lowest BCUT2D eigenvalue weighted by Crippen LogP contribution is -2.06. The van der Waals surface area contributed by atoms with Crippen molar-refractivity contribution < 1.29 is 4.74 Å². The van der Waals surface area contributed by atoms with E-state index in [9.17, 15) is 0 Å². The van der Waals surface area contributed by atoms with Crippen LogP contribution in [0.15, 0.2) is 24.3 Å². The first-order valence-electron chi connectivity index (χ1n) is 9.89. The fourth-order valence-corrected chi connectivity index (χ4v) is 4.80. The molecule has 2 aliphatic rings. The number of methoxy groups -OCH3 is 1. The summed E-state index contributed by atoms with van der Waals surface area (Å²) in [5.74, 6) is 1.37. The van der Waals surface area contributed by atoms with Gasteiger partial charge in [0.25, 0.3) is 0 Å². The van der Waals surface area contributed by atoms with Crippen molar-refractivity contribution in [3.05, 3.63) is 41.1 Å². The van der Waals surface area contributed by atoms with Crippen molar-refractivity contribution in [1.29, 1.82) is 0 Å². The van der Waals surface area contributed by atoms with Gasteiger partial charge in [0.05, 0.1) is 18.3 Å². The largest absolute Gasteiger partial charge is 0.494 e. The number of nitrogens with zero attached hydrogens (tertiary/aromatic N) is 2. The van der Waals surface area contributed by atoms with Crippen LogP contribution in [0.1, 0.15) is 61.3 Å². The number of ether oxygens (including phenoxy) is 1.